The maximum absolute atomic E-state index is 12.7. The first-order chi connectivity index (χ1) is 13.4. The molecule has 0 radical (unpaired) electrons. The van der Waals surface area contributed by atoms with E-state index in [9.17, 15) is 19.7 Å². The molecule has 1 aliphatic rings. The molecule has 1 aromatic carbocycles. The van der Waals surface area contributed by atoms with Crippen LogP contribution in [0.1, 0.15) is 13.3 Å². The van der Waals surface area contributed by atoms with Crippen LogP contribution in [0.5, 0.6) is 11.5 Å². The number of aromatic nitrogens is 1. The fourth-order valence-corrected chi connectivity index (χ4v) is 2.72. The Labute approximate surface area is 160 Å². The smallest absolute Gasteiger partial charge is 0.366 e. The van der Waals surface area contributed by atoms with E-state index in [1.54, 1.807) is 31.2 Å². The Morgan fingerprint density at radius 3 is 2.64 bits per heavy atom. The minimum Gasteiger partial charge on any atom is -0.497 e. The number of carbonyl (C=O) groups excluding carboxylic acids is 2. The zero-order chi connectivity index (χ0) is 20.3. The summed E-state index contributed by atoms with van der Waals surface area (Å²) in [6.07, 6.45) is -0.407. The number of rotatable bonds is 6. The van der Waals surface area contributed by atoms with Gasteiger partial charge in [-0.2, -0.15) is 0 Å². The molecular weight excluding hydrogens is 368 g/mol. The van der Waals surface area contributed by atoms with Gasteiger partial charge in [0.15, 0.2) is 11.9 Å². The summed E-state index contributed by atoms with van der Waals surface area (Å²) in [6.45, 7) is 1.41. The Bertz CT molecular complexity index is 915. The number of nitro groups is 1. The van der Waals surface area contributed by atoms with Crippen LogP contribution in [0, 0.1) is 10.1 Å². The molecular formula is C18H18N4O6. The predicted molar refractivity (Wildman–Crippen MR) is 99.6 cm³/mol. The molecule has 1 aliphatic heterocycles. The van der Waals surface area contributed by atoms with Gasteiger partial charge in [0.25, 0.3) is 11.7 Å². The molecule has 0 saturated heterocycles. The van der Waals surface area contributed by atoms with Crippen LogP contribution in [-0.2, 0) is 9.59 Å². The SMILES string of the molecule is CCC1Oc2ccc([N+](=O)[O-])nc2N(CC(=O)Nc2ccc(OC)cc2)C1=O. The van der Waals surface area contributed by atoms with Crippen LogP contribution < -0.4 is 19.7 Å². The molecule has 1 aromatic heterocycles. The topological polar surface area (TPSA) is 124 Å². The Morgan fingerprint density at radius 2 is 2.04 bits per heavy atom. The van der Waals surface area contributed by atoms with Crippen molar-refractivity contribution in [1.29, 1.82) is 0 Å². The van der Waals surface area contributed by atoms with Crippen molar-refractivity contribution in [3.8, 4) is 11.5 Å². The first-order valence-corrected chi connectivity index (χ1v) is 8.50. The summed E-state index contributed by atoms with van der Waals surface area (Å²) < 4.78 is 10.6. The second kappa shape index (κ2) is 7.91. The van der Waals surface area contributed by atoms with Gasteiger partial charge in [0, 0.05) is 11.8 Å². The lowest BCUT2D eigenvalue weighted by Gasteiger charge is -2.30. The number of nitrogens with zero attached hydrogens (tertiary/aromatic N) is 3. The second-order valence-corrected chi connectivity index (χ2v) is 5.96. The van der Waals surface area contributed by atoms with Crippen molar-refractivity contribution in [2.75, 3.05) is 23.9 Å². The van der Waals surface area contributed by atoms with Crippen LogP contribution in [0.25, 0.3) is 0 Å². The molecule has 2 amide bonds. The van der Waals surface area contributed by atoms with Crippen molar-refractivity contribution in [3.05, 3.63) is 46.5 Å². The van der Waals surface area contributed by atoms with Gasteiger partial charge < -0.3 is 24.9 Å². The molecule has 146 valence electrons. The summed E-state index contributed by atoms with van der Waals surface area (Å²) in [5, 5.41) is 13.7. The van der Waals surface area contributed by atoms with E-state index in [1.165, 1.54) is 19.2 Å². The van der Waals surface area contributed by atoms with Gasteiger partial charge in [0.05, 0.1) is 7.11 Å². The molecule has 3 rings (SSSR count). The number of carbonyl (C=O) groups is 2. The molecule has 2 heterocycles. The number of fused-ring (bicyclic) bond motifs is 1. The van der Waals surface area contributed by atoms with E-state index in [-0.39, 0.29) is 18.1 Å². The number of methoxy groups -OCH3 is 1. The fourth-order valence-electron chi connectivity index (χ4n) is 2.72. The molecule has 28 heavy (non-hydrogen) atoms. The molecule has 0 aliphatic carbocycles. The van der Waals surface area contributed by atoms with Crippen molar-refractivity contribution in [3.63, 3.8) is 0 Å². The van der Waals surface area contributed by atoms with E-state index in [1.807, 2.05) is 0 Å². The first kappa shape index (κ1) is 19.1. The standard InChI is InChI=1S/C18H18N4O6/c1-3-13-18(24)21(17-14(28-13)8-9-15(20-17)22(25)26)10-16(23)19-11-4-6-12(27-2)7-5-11/h4-9,13H,3,10H2,1-2H3,(H,19,23). The highest BCUT2D eigenvalue weighted by Crippen LogP contribution is 2.34. The number of ether oxygens (including phenoxy) is 2. The van der Waals surface area contributed by atoms with Crippen molar-refractivity contribution in [2.24, 2.45) is 0 Å². The van der Waals surface area contributed by atoms with Gasteiger partial charge in [-0.25, -0.2) is 0 Å². The van der Waals surface area contributed by atoms with Crippen molar-refractivity contribution in [1.82, 2.24) is 4.98 Å². The first-order valence-electron chi connectivity index (χ1n) is 8.50. The van der Waals surface area contributed by atoms with Gasteiger partial charge in [-0.05, 0) is 46.7 Å². The van der Waals surface area contributed by atoms with Gasteiger partial charge in [-0.3, -0.25) is 14.5 Å². The fraction of sp³-hybridized carbons (Fsp3) is 0.278. The third kappa shape index (κ3) is 3.85. The average molecular weight is 386 g/mol. The Morgan fingerprint density at radius 1 is 1.32 bits per heavy atom. The predicted octanol–water partition coefficient (Wildman–Crippen LogP) is 2.14. The Hall–Kier alpha value is -3.69. The molecule has 0 bridgehead atoms. The third-order valence-electron chi connectivity index (χ3n) is 4.12. The highest BCUT2D eigenvalue weighted by Gasteiger charge is 2.39. The molecule has 0 fully saturated rings. The number of anilines is 2. The molecule has 0 spiro atoms. The maximum atomic E-state index is 12.7. The summed E-state index contributed by atoms with van der Waals surface area (Å²) in [5.74, 6) is -0.589. The van der Waals surface area contributed by atoms with E-state index >= 15 is 0 Å². The second-order valence-electron chi connectivity index (χ2n) is 5.96. The maximum Gasteiger partial charge on any atom is 0.366 e. The summed E-state index contributed by atoms with van der Waals surface area (Å²) in [5.41, 5.74) is 0.519. The Kier molecular flexibility index (Phi) is 5.39. The van der Waals surface area contributed by atoms with Crippen LogP contribution in [0.2, 0.25) is 0 Å². The van der Waals surface area contributed by atoms with Crippen LogP contribution in [0.3, 0.4) is 0 Å². The quantitative estimate of drug-likeness (QED) is 0.596. The van der Waals surface area contributed by atoms with E-state index in [4.69, 9.17) is 9.47 Å². The average Bonchev–Trinajstić information content (AvgIpc) is 2.70. The lowest BCUT2D eigenvalue weighted by molar-refractivity contribution is -0.389. The van der Waals surface area contributed by atoms with Crippen molar-refractivity contribution >= 4 is 29.1 Å². The van der Waals surface area contributed by atoms with Crippen molar-refractivity contribution in [2.45, 2.75) is 19.4 Å². The van der Waals surface area contributed by atoms with Crippen LogP contribution >= 0.6 is 0 Å². The lowest BCUT2D eigenvalue weighted by atomic mass is 10.2. The minimum absolute atomic E-state index is 0.0474. The highest BCUT2D eigenvalue weighted by atomic mass is 16.6. The molecule has 10 heteroatoms. The van der Waals surface area contributed by atoms with E-state index in [2.05, 4.69) is 10.3 Å². The zero-order valence-corrected chi connectivity index (χ0v) is 15.2. The summed E-state index contributed by atoms with van der Waals surface area (Å²) in [7, 11) is 1.53. The number of nitrogens with one attached hydrogen (secondary N) is 1. The van der Waals surface area contributed by atoms with Crippen molar-refractivity contribution < 1.29 is 24.0 Å². The molecule has 1 atom stereocenters. The molecule has 0 saturated carbocycles. The van der Waals surface area contributed by atoms with Gasteiger partial charge in [0.2, 0.25) is 5.91 Å². The molecule has 1 unspecified atom stereocenters. The van der Waals surface area contributed by atoms with Crippen LogP contribution in [0.15, 0.2) is 36.4 Å². The molecule has 10 nitrogen and oxygen atoms in total. The number of hydrogen-bond acceptors (Lipinski definition) is 7. The van der Waals surface area contributed by atoms with Gasteiger partial charge in [-0.15, -0.1) is 0 Å². The lowest BCUT2D eigenvalue weighted by Crippen LogP contribution is -2.49. The zero-order valence-electron chi connectivity index (χ0n) is 15.2. The third-order valence-corrected chi connectivity index (χ3v) is 4.12. The Balaban J connectivity index is 1.84. The normalized spacial score (nSPS) is 15.4. The molecule has 1 N–H and O–H groups in total. The highest BCUT2D eigenvalue weighted by molar-refractivity contribution is 6.05. The molecule has 2 aromatic rings. The largest absolute Gasteiger partial charge is 0.497 e. The number of pyridine rings is 1. The number of hydrogen-bond donors (Lipinski definition) is 1. The van der Waals surface area contributed by atoms with Crippen LogP contribution in [0.4, 0.5) is 17.3 Å². The van der Waals surface area contributed by atoms with E-state index in [0.29, 0.717) is 17.9 Å². The van der Waals surface area contributed by atoms with Gasteiger partial charge in [-0.1, -0.05) is 6.92 Å². The summed E-state index contributed by atoms with van der Waals surface area (Å²) in [6, 6.07) is 9.25. The number of benzene rings is 1. The summed E-state index contributed by atoms with van der Waals surface area (Å²) in [4.78, 5) is 40.5. The minimum atomic E-state index is -0.787. The summed E-state index contributed by atoms with van der Waals surface area (Å²) >= 11 is 0. The van der Waals surface area contributed by atoms with E-state index < -0.39 is 28.7 Å². The van der Waals surface area contributed by atoms with Gasteiger partial charge in [0.1, 0.15) is 12.3 Å². The monoisotopic (exact) mass is 386 g/mol. The van der Waals surface area contributed by atoms with Crippen LogP contribution in [-0.4, -0.2) is 41.5 Å². The number of amides is 2. The van der Waals surface area contributed by atoms with Gasteiger partial charge >= 0.3 is 5.82 Å². The van der Waals surface area contributed by atoms with E-state index in [0.717, 1.165) is 4.90 Å².